The lowest BCUT2D eigenvalue weighted by Crippen LogP contribution is -2.51. The van der Waals surface area contributed by atoms with E-state index in [9.17, 15) is 9.90 Å². The summed E-state index contributed by atoms with van der Waals surface area (Å²) in [6.07, 6.45) is 0. The van der Waals surface area contributed by atoms with Gasteiger partial charge >= 0.3 is 0 Å². The fraction of sp³-hybridized carbons (Fsp3) is 0.562. The van der Waals surface area contributed by atoms with Crippen LogP contribution in [0.2, 0.25) is 0 Å². The maximum absolute atomic E-state index is 12.0. The number of hydrogen-bond donors (Lipinski definition) is 2. The molecule has 1 fully saturated rings. The molecular formula is C16H25N3O2. The summed E-state index contributed by atoms with van der Waals surface area (Å²) in [4.78, 5) is 16.4. The first-order chi connectivity index (χ1) is 9.92. The smallest absolute Gasteiger partial charge is 0.238 e. The Morgan fingerprint density at radius 2 is 1.71 bits per heavy atom. The standard InChI is InChI=1S/C16H25N3O2/c1-16(2,21)13-19-10-8-18(9-11-19)12-15(20)17-14-6-4-3-5-7-14/h3-7,21H,8-13H2,1-2H3,(H,17,20). The van der Waals surface area contributed by atoms with Crippen molar-refractivity contribution in [2.45, 2.75) is 19.4 Å². The Morgan fingerprint density at radius 1 is 1.14 bits per heavy atom. The number of benzene rings is 1. The number of nitrogens with one attached hydrogen (secondary N) is 1. The van der Waals surface area contributed by atoms with Gasteiger partial charge in [-0.3, -0.25) is 14.6 Å². The molecule has 1 aliphatic rings. The summed E-state index contributed by atoms with van der Waals surface area (Å²) < 4.78 is 0. The van der Waals surface area contributed by atoms with Crippen molar-refractivity contribution in [1.29, 1.82) is 0 Å². The summed E-state index contributed by atoms with van der Waals surface area (Å²) >= 11 is 0. The van der Waals surface area contributed by atoms with Crippen LogP contribution >= 0.6 is 0 Å². The van der Waals surface area contributed by atoms with E-state index in [1.54, 1.807) is 0 Å². The Labute approximate surface area is 126 Å². The van der Waals surface area contributed by atoms with Crippen LogP contribution in [0.4, 0.5) is 5.69 Å². The maximum atomic E-state index is 12.0. The van der Waals surface area contributed by atoms with Crippen LogP contribution in [0.15, 0.2) is 30.3 Å². The Kier molecular flexibility index (Phi) is 5.33. The molecule has 0 unspecified atom stereocenters. The molecule has 2 N–H and O–H groups in total. The Hall–Kier alpha value is -1.43. The second-order valence-electron chi connectivity index (χ2n) is 6.28. The van der Waals surface area contributed by atoms with E-state index in [-0.39, 0.29) is 5.91 Å². The molecule has 0 bridgehead atoms. The molecule has 1 aromatic rings. The predicted octanol–water partition coefficient (Wildman–Crippen LogP) is 1.01. The molecule has 0 atom stereocenters. The van der Waals surface area contributed by atoms with Crippen LogP contribution < -0.4 is 5.32 Å². The van der Waals surface area contributed by atoms with Gasteiger partial charge < -0.3 is 10.4 Å². The zero-order chi connectivity index (χ0) is 15.3. The zero-order valence-electron chi connectivity index (χ0n) is 12.9. The van der Waals surface area contributed by atoms with E-state index in [1.807, 2.05) is 44.2 Å². The molecule has 0 aromatic heterocycles. The Bertz CT molecular complexity index is 448. The minimum atomic E-state index is -0.660. The fourth-order valence-corrected chi connectivity index (χ4v) is 2.58. The van der Waals surface area contributed by atoms with Crippen molar-refractivity contribution in [3.05, 3.63) is 30.3 Å². The normalized spacial score (nSPS) is 17.7. The molecule has 0 saturated carbocycles. The molecule has 116 valence electrons. The van der Waals surface area contributed by atoms with Crippen LogP contribution in [-0.2, 0) is 4.79 Å². The summed E-state index contributed by atoms with van der Waals surface area (Å²) in [5.74, 6) is 0.0251. The molecule has 1 aliphatic heterocycles. The van der Waals surface area contributed by atoms with Gasteiger partial charge in [0.1, 0.15) is 0 Å². The maximum Gasteiger partial charge on any atom is 0.238 e. The average molecular weight is 291 g/mol. The van der Waals surface area contributed by atoms with Crippen molar-refractivity contribution in [2.75, 3.05) is 44.6 Å². The van der Waals surface area contributed by atoms with E-state index in [4.69, 9.17) is 0 Å². The van der Waals surface area contributed by atoms with Gasteiger partial charge in [-0.1, -0.05) is 18.2 Å². The largest absolute Gasteiger partial charge is 0.389 e. The minimum Gasteiger partial charge on any atom is -0.389 e. The fourth-order valence-electron chi connectivity index (χ4n) is 2.58. The summed E-state index contributed by atoms with van der Waals surface area (Å²) in [6.45, 7) is 8.25. The molecule has 1 aromatic carbocycles. The molecular weight excluding hydrogens is 266 g/mol. The molecule has 5 heteroatoms. The van der Waals surface area contributed by atoms with Crippen LogP contribution in [0.3, 0.4) is 0 Å². The number of carbonyl (C=O) groups excluding carboxylic acids is 1. The number of anilines is 1. The molecule has 1 saturated heterocycles. The summed E-state index contributed by atoms with van der Waals surface area (Å²) in [7, 11) is 0. The SMILES string of the molecule is CC(C)(O)CN1CCN(CC(=O)Nc2ccccc2)CC1. The highest BCUT2D eigenvalue weighted by atomic mass is 16.3. The highest BCUT2D eigenvalue weighted by Gasteiger charge is 2.23. The summed E-state index contributed by atoms with van der Waals surface area (Å²) in [5.41, 5.74) is 0.176. The number of amides is 1. The van der Waals surface area contributed by atoms with Crippen molar-refractivity contribution in [1.82, 2.24) is 9.80 Å². The molecule has 5 nitrogen and oxygen atoms in total. The summed E-state index contributed by atoms with van der Waals surface area (Å²) in [6, 6.07) is 9.52. The third kappa shape index (κ3) is 5.83. The quantitative estimate of drug-likeness (QED) is 0.850. The van der Waals surface area contributed by atoms with Crippen molar-refractivity contribution >= 4 is 11.6 Å². The van der Waals surface area contributed by atoms with Crippen LogP contribution in [0.1, 0.15) is 13.8 Å². The Balaban J connectivity index is 1.72. The molecule has 21 heavy (non-hydrogen) atoms. The van der Waals surface area contributed by atoms with E-state index in [1.165, 1.54) is 0 Å². The molecule has 1 heterocycles. The van der Waals surface area contributed by atoms with Gasteiger partial charge in [-0.05, 0) is 26.0 Å². The van der Waals surface area contributed by atoms with Crippen LogP contribution in [0.25, 0.3) is 0 Å². The highest BCUT2D eigenvalue weighted by Crippen LogP contribution is 2.09. The monoisotopic (exact) mass is 291 g/mol. The third-order valence-corrected chi connectivity index (χ3v) is 3.50. The van der Waals surface area contributed by atoms with Gasteiger partial charge in [0.15, 0.2) is 0 Å². The van der Waals surface area contributed by atoms with Gasteiger partial charge in [-0.15, -0.1) is 0 Å². The van der Waals surface area contributed by atoms with E-state index in [0.29, 0.717) is 13.1 Å². The number of carbonyl (C=O) groups is 1. The van der Waals surface area contributed by atoms with Crippen molar-refractivity contribution in [2.24, 2.45) is 0 Å². The number of β-amino-alcohol motifs (C(OH)–C–C–N with tert-alkyl or cyclic N) is 1. The first-order valence-corrected chi connectivity index (χ1v) is 7.44. The molecule has 0 radical (unpaired) electrons. The molecule has 1 amide bonds. The Morgan fingerprint density at radius 3 is 2.29 bits per heavy atom. The van der Waals surface area contributed by atoms with E-state index in [2.05, 4.69) is 15.1 Å². The van der Waals surface area contributed by atoms with Gasteiger partial charge in [-0.25, -0.2) is 0 Å². The second-order valence-corrected chi connectivity index (χ2v) is 6.28. The first kappa shape index (κ1) is 15.9. The molecule has 0 aliphatic carbocycles. The predicted molar refractivity (Wildman–Crippen MR) is 84.2 cm³/mol. The second kappa shape index (κ2) is 7.02. The first-order valence-electron chi connectivity index (χ1n) is 7.44. The van der Waals surface area contributed by atoms with Gasteiger partial charge in [0, 0.05) is 38.4 Å². The number of rotatable bonds is 5. The minimum absolute atomic E-state index is 0.0251. The lowest BCUT2D eigenvalue weighted by molar-refractivity contribution is -0.117. The molecule has 2 rings (SSSR count). The van der Waals surface area contributed by atoms with Crippen molar-refractivity contribution in [3.8, 4) is 0 Å². The van der Waals surface area contributed by atoms with E-state index >= 15 is 0 Å². The lowest BCUT2D eigenvalue weighted by Gasteiger charge is -2.36. The average Bonchev–Trinajstić information content (AvgIpc) is 2.40. The number of piperazine rings is 1. The van der Waals surface area contributed by atoms with Gasteiger partial charge in [0.05, 0.1) is 12.1 Å². The van der Waals surface area contributed by atoms with Gasteiger partial charge in [0.25, 0.3) is 0 Å². The van der Waals surface area contributed by atoms with E-state index in [0.717, 1.165) is 31.9 Å². The van der Waals surface area contributed by atoms with Crippen LogP contribution in [-0.4, -0.2) is 65.7 Å². The van der Waals surface area contributed by atoms with Crippen LogP contribution in [0, 0.1) is 0 Å². The lowest BCUT2D eigenvalue weighted by atomic mass is 10.1. The van der Waals surface area contributed by atoms with E-state index < -0.39 is 5.60 Å². The van der Waals surface area contributed by atoms with Gasteiger partial charge in [0.2, 0.25) is 5.91 Å². The van der Waals surface area contributed by atoms with Crippen molar-refractivity contribution < 1.29 is 9.90 Å². The van der Waals surface area contributed by atoms with Crippen LogP contribution in [0.5, 0.6) is 0 Å². The molecule has 0 spiro atoms. The number of nitrogens with zero attached hydrogens (tertiary/aromatic N) is 2. The number of hydrogen-bond acceptors (Lipinski definition) is 4. The van der Waals surface area contributed by atoms with Crippen molar-refractivity contribution in [3.63, 3.8) is 0 Å². The number of para-hydroxylation sites is 1. The number of aliphatic hydroxyl groups is 1. The topological polar surface area (TPSA) is 55.8 Å². The van der Waals surface area contributed by atoms with Gasteiger partial charge in [-0.2, -0.15) is 0 Å². The summed E-state index contributed by atoms with van der Waals surface area (Å²) in [5, 5.41) is 12.7. The highest BCUT2D eigenvalue weighted by molar-refractivity contribution is 5.92. The zero-order valence-corrected chi connectivity index (χ0v) is 12.9. The third-order valence-electron chi connectivity index (χ3n) is 3.50.